The lowest BCUT2D eigenvalue weighted by molar-refractivity contribution is -0.384. The van der Waals surface area contributed by atoms with E-state index in [9.17, 15) is 19.7 Å². The van der Waals surface area contributed by atoms with E-state index in [1.54, 1.807) is 17.6 Å². The molecule has 6 rings (SSSR count). The smallest absolute Gasteiger partial charge is 0.283 e. The number of nitro benzene ring substituents is 1. The molecule has 0 spiro atoms. The van der Waals surface area contributed by atoms with Gasteiger partial charge in [0.2, 0.25) is 0 Å². The number of aromatic nitrogens is 1. The molecule has 40 heavy (non-hydrogen) atoms. The largest absolute Gasteiger partial charge is 0.340 e. The standard InChI is InChI=1S/C30H23N5O4S/c1-3-32-24-15-8-7-10-20(24)16-17-25(32)27-29(37)33(21-11-5-4-6-12-21)30(40-27)26-19(2)31-34(28(26)36)22-13-9-14-23(18-22)35(38)39/h4-18H,3H2,1-2H3/b27-25?,30-26+. The SMILES string of the molecule is CCN1C(=c2s/c(=C3/C(=O)N(c4cccc([N+](=O)[O-])c4)N=C3C)n(-c3ccccc3)c2=O)C=Cc2ccccc21. The summed E-state index contributed by atoms with van der Waals surface area (Å²) in [6.07, 6.45) is 3.93. The third-order valence-electron chi connectivity index (χ3n) is 6.82. The van der Waals surface area contributed by atoms with Crippen LogP contribution in [0.1, 0.15) is 19.4 Å². The molecule has 0 saturated carbocycles. The Hall–Kier alpha value is -5.09. The summed E-state index contributed by atoms with van der Waals surface area (Å²) in [4.78, 5) is 40.9. The predicted octanol–water partition coefficient (Wildman–Crippen LogP) is 4.04. The van der Waals surface area contributed by atoms with Crippen molar-refractivity contribution in [3.8, 4) is 5.69 Å². The summed E-state index contributed by atoms with van der Waals surface area (Å²) in [5, 5.41) is 16.9. The van der Waals surface area contributed by atoms with Crippen LogP contribution in [0, 0.1) is 10.1 Å². The Morgan fingerprint density at radius 2 is 1.65 bits per heavy atom. The first-order chi connectivity index (χ1) is 19.4. The highest BCUT2D eigenvalue weighted by atomic mass is 32.1. The molecule has 3 heterocycles. The number of carbonyl (C=O) groups is 1. The van der Waals surface area contributed by atoms with Crippen molar-refractivity contribution >= 4 is 57.4 Å². The number of hydrogen-bond donors (Lipinski definition) is 0. The fourth-order valence-corrected chi connectivity index (χ4v) is 6.25. The van der Waals surface area contributed by atoms with E-state index in [-0.39, 0.29) is 22.5 Å². The molecule has 198 valence electrons. The molecular weight excluding hydrogens is 526 g/mol. The normalized spacial score (nSPS) is 17.2. The van der Waals surface area contributed by atoms with Crippen LogP contribution in [-0.2, 0) is 4.79 Å². The molecule has 0 aliphatic carbocycles. The Morgan fingerprint density at radius 3 is 2.40 bits per heavy atom. The van der Waals surface area contributed by atoms with Crippen LogP contribution < -0.4 is 24.7 Å². The van der Waals surface area contributed by atoms with Gasteiger partial charge in [-0.05, 0) is 49.8 Å². The predicted molar refractivity (Wildman–Crippen MR) is 158 cm³/mol. The molecule has 0 bridgehead atoms. The number of hydrazone groups is 1. The van der Waals surface area contributed by atoms with E-state index in [1.807, 2.05) is 73.7 Å². The van der Waals surface area contributed by atoms with Gasteiger partial charge in [-0.3, -0.25) is 24.3 Å². The number of nitrogens with zero attached hydrogens (tertiary/aromatic N) is 5. The average Bonchev–Trinajstić information content (AvgIpc) is 3.47. The zero-order chi connectivity index (χ0) is 28.0. The Kier molecular flexibility index (Phi) is 6.24. The van der Waals surface area contributed by atoms with Gasteiger partial charge in [-0.15, -0.1) is 11.3 Å². The summed E-state index contributed by atoms with van der Waals surface area (Å²) in [5.74, 6) is -0.461. The van der Waals surface area contributed by atoms with Crippen molar-refractivity contribution in [2.24, 2.45) is 5.10 Å². The summed E-state index contributed by atoms with van der Waals surface area (Å²) in [6, 6.07) is 22.9. The van der Waals surface area contributed by atoms with Crippen LogP contribution in [0.4, 0.5) is 17.1 Å². The minimum Gasteiger partial charge on any atom is -0.340 e. The van der Waals surface area contributed by atoms with Gasteiger partial charge in [0.25, 0.3) is 17.2 Å². The van der Waals surface area contributed by atoms with Crippen LogP contribution in [0.25, 0.3) is 23.0 Å². The fraction of sp³-hybridized carbons (Fsp3) is 0.100. The maximum atomic E-state index is 14.1. The highest BCUT2D eigenvalue weighted by Gasteiger charge is 2.32. The van der Waals surface area contributed by atoms with Crippen LogP contribution in [0.5, 0.6) is 0 Å². The quantitative estimate of drug-likeness (QED) is 0.283. The van der Waals surface area contributed by atoms with Gasteiger partial charge in [0.05, 0.1) is 33.3 Å². The number of thiazole rings is 1. The Balaban J connectivity index is 1.63. The van der Waals surface area contributed by atoms with Gasteiger partial charge in [0, 0.05) is 24.4 Å². The Labute approximate surface area is 232 Å². The highest BCUT2D eigenvalue weighted by Crippen LogP contribution is 2.31. The van der Waals surface area contributed by atoms with Crippen LogP contribution >= 0.6 is 11.3 Å². The third kappa shape index (κ3) is 4.05. The van der Waals surface area contributed by atoms with Crippen molar-refractivity contribution in [2.45, 2.75) is 13.8 Å². The summed E-state index contributed by atoms with van der Waals surface area (Å²) < 4.78 is 2.49. The lowest BCUT2D eigenvalue weighted by atomic mass is 10.1. The number of rotatable bonds is 4. The number of amides is 1. The van der Waals surface area contributed by atoms with Gasteiger partial charge in [-0.25, -0.2) is 0 Å². The first-order valence-corrected chi connectivity index (χ1v) is 13.5. The average molecular weight is 550 g/mol. The minimum absolute atomic E-state index is 0.147. The maximum absolute atomic E-state index is 14.1. The lowest BCUT2D eigenvalue weighted by Crippen LogP contribution is -2.36. The van der Waals surface area contributed by atoms with Gasteiger partial charge in [0.15, 0.2) is 0 Å². The van der Waals surface area contributed by atoms with E-state index >= 15 is 0 Å². The van der Waals surface area contributed by atoms with Crippen molar-refractivity contribution in [3.05, 3.63) is 120 Å². The van der Waals surface area contributed by atoms with Gasteiger partial charge in [-0.2, -0.15) is 10.1 Å². The maximum Gasteiger partial charge on any atom is 0.283 e. The van der Waals surface area contributed by atoms with E-state index in [0.717, 1.165) is 22.0 Å². The topological polar surface area (TPSA) is 101 Å². The summed E-state index contributed by atoms with van der Waals surface area (Å²) in [5.41, 5.74) is 4.00. The third-order valence-corrected chi connectivity index (χ3v) is 7.99. The van der Waals surface area contributed by atoms with Gasteiger partial charge in [0.1, 0.15) is 9.20 Å². The lowest BCUT2D eigenvalue weighted by Gasteiger charge is -2.28. The summed E-state index contributed by atoms with van der Waals surface area (Å²) >= 11 is 1.24. The number of hydrogen-bond acceptors (Lipinski definition) is 7. The Morgan fingerprint density at radius 1 is 0.925 bits per heavy atom. The van der Waals surface area contributed by atoms with Crippen LogP contribution in [0.3, 0.4) is 0 Å². The zero-order valence-corrected chi connectivity index (χ0v) is 22.5. The molecule has 0 saturated heterocycles. The second-order valence-corrected chi connectivity index (χ2v) is 10.2. The van der Waals surface area contributed by atoms with Crippen molar-refractivity contribution < 1.29 is 9.72 Å². The van der Waals surface area contributed by atoms with Crippen LogP contribution in [0.15, 0.2) is 94.8 Å². The molecule has 1 aromatic heterocycles. The molecule has 0 radical (unpaired) electrons. The molecule has 0 atom stereocenters. The molecule has 0 N–H and O–H groups in total. The van der Waals surface area contributed by atoms with Crippen molar-refractivity contribution in [3.63, 3.8) is 0 Å². The monoisotopic (exact) mass is 549 g/mol. The molecule has 10 heteroatoms. The molecule has 9 nitrogen and oxygen atoms in total. The second kappa shape index (κ2) is 9.90. The number of carbonyl (C=O) groups excluding carboxylic acids is 1. The second-order valence-electron chi connectivity index (χ2n) is 9.19. The number of benzene rings is 3. The molecule has 2 aliphatic rings. The summed E-state index contributed by atoms with van der Waals surface area (Å²) in [7, 11) is 0. The minimum atomic E-state index is -0.517. The molecule has 0 unspecified atom stereocenters. The number of anilines is 2. The molecular formula is C30H23N5O4S. The number of fused-ring (bicyclic) bond motifs is 1. The van der Waals surface area contributed by atoms with Gasteiger partial charge < -0.3 is 4.90 Å². The highest BCUT2D eigenvalue weighted by molar-refractivity contribution is 7.08. The van der Waals surface area contributed by atoms with E-state index < -0.39 is 10.8 Å². The summed E-state index contributed by atoms with van der Waals surface area (Å²) in [6.45, 7) is 4.38. The van der Waals surface area contributed by atoms with Crippen molar-refractivity contribution in [1.82, 2.24) is 4.57 Å². The van der Waals surface area contributed by atoms with Gasteiger partial charge >= 0.3 is 0 Å². The van der Waals surface area contributed by atoms with Crippen LogP contribution in [0.2, 0.25) is 0 Å². The number of para-hydroxylation sites is 2. The fourth-order valence-electron chi connectivity index (χ4n) is 4.98. The first-order valence-electron chi connectivity index (χ1n) is 12.6. The Bertz CT molecular complexity index is 1940. The van der Waals surface area contributed by atoms with Crippen molar-refractivity contribution in [2.75, 3.05) is 16.5 Å². The zero-order valence-electron chi connectivity index (χ0n) is 21.6. The first kappa shape index (κ1) is 25.2. The number of nitro groups is 1. The molecule has 1 amide bonds. The van der Waals surface area contributed by atoms with E-state index in [0.29, 0.717) is 27.1 Å². The number of non-ortho nitro benzene ring substituents is 1. The van der Waals surface area contributed by atoms with Crippen molar-refractivity contribution in [1.29, 1.82) is 0 Å². The molecule has 4 aromatic rings. The van der Waals surface area contributed by atoms with E-state index in [4.69, 9.17) is 0 Å². The molecule has 3 aromatic carbocycles. The number of likely N-dealkylation sites (N-methyl/N-ethyl adjacent to an activating group) is 1. The van der Waals surface area contributed by atoms with Crippen LogP contribution in [-0.4, -0.2) is 27.7 Å². The van der Waals surface area contributed by atoms with Gasteiger partial charge in [-0.1, -0.05) is 48.5 Å². The molecule has 2 aliphatic heterocycles. The van der Waals surface area contributed by atoms with E-state index in [1.165, 1.54) is 29.5 Å². The molecule has 0 fully saturated rings. The van der Waals surface area contributed by atoms with E-state index in [2.05, 4.69) is 10.0 Å².